The Bertz CT molecular complexity index is 530. The van der Waals surface area contributed by atoms with Crippen LogP contribution in [0.3, 0.4) is 0 Å². The van der Waals surface area contributed by atoms with E-state index in [1.165, 1.54) is 6.42 Å². The Kier molecular flexibility index (Phi) is 3.79. The van der Waals surface area contributed by atoms with Crippen molar-refractivity contribution in [3.05, 3.63) is 30.3 Å². The van der Waals surface area contributed by atoms with Crippen molar-refractivity contribution in [2.24, 2.45) is 0 Å². The minimum Gasteiger partial charge on any atom is -0.392 e. The van der Waals surface area contributed by atoms with Gasteiger partial charge in [0.25, 0.3) is 0 Å². The molecule has 3 rings (SSSR count). The molecule has 1 fully saturated rings. The summed E-state index contributed by atoms with van der Waals surface area (Å²) < 4.78 is 1.73. The van der Waals surface area contributed by atoms with Crippen molar-refractivity contribution >= 4 is 11.8 Å². The van der Waals surface area contributed by atoms with Gasteiger partial charge in [0, 0.05) is 5.25 Å². The van der Waals surface area contributed by atoms with E-state index in [-0.39, 0.29) is 11.4 Å². The second-order valence-corrected chi connectivity index (χ2v) is 5.92. The highest BCUT2D eigenvalue weighted by Gasteiger charge is 2.26. The van der Waals surface area contributed by atoms with Crippen LogP contribution in [0.15, 0.2) is 35.5 Å². The predicted octanol–water partition coefficient (Wildman–Crippen LogP) is 2.06. The lowest BCUT2D eigenvalue weighted by molar-refractivity contribution is 0.137. The highest BCUT2D eigenvalue weighted by atomic mass is 32.2. The van der Waals surface area contributed by atoms with E-state index in [0.717, 1.165) is 30.1 Å². The SMILES string of the molecule is O[C@H]1CCCC[C@@H]1Sc1nnnn1-c1ccccc1. The van der Waals surface area contributed by atoms with Gasteiger partial charge < -0.3 is 5.11 Å². The van der Waals surface area contributed by atoms with Crippen LogP contribution in [0, 0.1) is 0 Å². The number of aliphatic hydroxyl groups is 1. The number of para-hydroxylation sites is 1. The number of rotatable bonds is 3. The molecule has 0 amide bonds. The van der Waals surface area contributed by atoms with E-state index in [2.05, 4.69) is 15.5 Å². The Hall–Kier alpha value is -1.40. The molecule has 1 N–H and O–H groups in total. The Morgan fingerprint density at radius 3 is 2.74 bits per heavy atom. The van der Waals surface area contributed by atoms with E-state index in [4.69, 9.17) is 0 Å². The summed E-state index contributed by atoms with van der Waals surface area (Å²) in [7, 11) is 0. The van der Waals surface area contributed by atoms with E-state index in [1.54, 1.807) is 16.4 Å². The molecular weight excluding hydrogens is 260 g/mol. The average molecular weight is 276 g/mol. The summed E-state index contributed by atoms with van der Waals surface area (Å²) in [6.45, 7) is 0. The van der Waals surface area contributed by atoms with Gasteiger partial charge in [-0.3, -0.25) is 0 Å². The topological polar surface area (TPSA) is 63.8 Å². The summed E-state index contributed by atoms with van der Waals surface area (Å²) in [6, 6.07) is 9.82. The van der Waals surface area contributed by atoms with Crippen LogP contribution in [-0.4, -0.2) is 36.7 Å². The molecule has 1 aromatic heterocycles. The molecule has 5 nitrogen and oxygen atoms in total. The molecule has 2 atom stereocenters. The molecule has 1 saturated carbocycles. The molecule has 1 aliphatic rings. The first kappa shape index (κ1) is 12.6. The van der Waals surface area contributed by atoms with Gasteiger partial charge in [-0.15, -0.1) is 5.10 Å². The first-order chi connectivity index (χ1) is 9.34. The first-order valence-electron chi connectivity index (χ1n) is 6.53. The normalized spacial score (nSPS) is 23.4. The van der Waals surface area contributed by atoms with Gasteiger partial charge in [-0.1, -0.05) is 42.8 Å². The monoisotopic (exact) mass is 276 g/mol. The summed E-state index contributed by atoms with van der Waals surface area (Å²) in [4.78, 5) is 0. The van der Waals surface area contributed by atoms with E-state index < -0.39 is 0 Å². The van der Waals surface area contributed by atoms with Gasteiger partial charge in [0.2, 0.25) is 5.16 Å². The maximum absolute atomic E-state index is 10.0. The minimum absolute atomic E-state index is 0.196. The Labute approximate surface area is 116 Å². The lowest BCUT2D eigenvalue weighted by Gasteiger charge is -2.26. The van der Waals surface area contributed by atoms with E-state index in [1.807, 2.05) is 30.3 Å². The van der Waals surface area contributed by atoms with Crippen molar-refractivity contribution in [1.82, 2.24) is 20.2 Å². The second-order valence-electron chi connectivity index (χ2n) is 4.72. The number of aliphatic hydroxyl groups excluding tert-OH is 1. The molecule has 0 saturated heterocycles. The number of tetrazole rings is 1. The zero-order valence-corrected chi connectivity index (χ0v) is 11.3. The van der Waals surface area contributed by atoms with Crippen molar-refractivity contribution in [2.45, 2.75) is 42.2 Å². The van der Waals surface area contributed by atoms with E-state index in [0.29, 0.717) is 0 Å². The van der Waals surface area contributed by atoms with Crippen LogP contribution in [-0.2, 0) is 0 Å². The number of aromatic nitrogens is 4. The van der Waals surface area contributed by atoms with Crippen molar-refractivity contribution in [1.29, 1.82) is 0 Å². The third-order valence-electron chi connectivity index (χ3n) is 3.37. The molecule has 0 bridgehead atoms. The molecule has 100 valence electrons. The van der Waals surface area contributed by atoms with Gasteiger partial charge in [-0.25, -0.2) is 0 Å². The Morgan fingerprint density at radius 2 is 1.95 bits per heavy atom. The lowest BCUT2D eigenvalue weighted by Crippen LogP contribution is -2.27. The third kappa shape index (κ3) is 2.79. The van der Waals surface area contributed by atoms with E-state index in [9.17, 15) is 5.11 Å². The van der Waals surface area contributed by atoms with Crippen LogP contribution in [0.25, 0.3) is 5.69 Å². The molecule has 6 heteroatoms. The smallest absolute Gasteiger partial charge is 0.214 e. The van der Waals surface area contributed by atoms with Crippen LogP contribution in [0.5, 0.6) is 0 Å². The quantitative estimate of drug-likeness (QED) is 0.929. The molecule has 0 unspecified atom stereocenters. The van der Waals surface area contributed by atoms with Gasteiger partial charge in [0.05, 0.1) is 11.8 Å². The summed E-state index contributed by atoms with van der Waals surface area (Å²) >= 11 is 1.58. The number of nitrogens with zero attached hydrogens (tertiary/aromatic N) is 4. The molecule has 1 aliphatic carbocycles. The number of hydrogen-bond donors (Lipinski definition) is 1. The maximum atomic E-state index is 10.0. The van der Waals surface area contributed by atoms with E-state index >= 15 is 0 Å². The standard InChI is InChI=1S/C13H16N4OS/c18-11-8-4-5-9-12(11)19-13-14-15-16-17(13)10-6-2-1-3-7-10/h1-3,6-7,11-12,18H,4-5,8-9H2/t11-,12-/m0/s1. The van der Waals surface area contributed by atoms with Gasteiger partial charge in [0.15, 0.2) is 0 Å². The van der Waals surface area contributed by atoms with Gasteiger partial charge in [-0.05, 0) is 35.4 Å². The zero-order valence-electron chi connectivity index (χ0n) is 10.5. The van der Waals surface area contributed by atoms with Crippen LogP contribution < -0.4 is 0 Å². The van der Waals surface area contributed by atoms with Crippen LogP contribution >= 0.6 is 11.8 Å². The number of benzene rings is 1. The highest BCUT2D eigenvalue weighted by molar-refractivity contribution is 7.99. The average Bonchev–Trinajstić information content (AvgIpc) is 2.91. The van der Waals surface area contributed by atoms with Crippen molar-refractivity contribution in [2.75, 3.05) is 0 Å². The summed E-state index contributed by atoms with van der Waals surface area (Å²) in [5.41, 5.74) is 0.945. The fourth-order valence-electron chi connectivity index (χ4n) is 2.33. The summed E-state index contributed by atoms with van der Waals surface area (Å²) in [5.74, 6) is 0. The molecular formula is C13H16N4OS. The molecule has 19 heavy (non-hydrogen) atoms. The number of thioether (sulfide) groups is 1. The summed E-state index contributed by atoms with van der Waals surface area (Å²) in [6.07, 6.45) is 3.93. The minimum atomic E-state index is -0.250. The van der Waals surface area contributed by atoms with Crippen LogP contribution in [0.1, 0.15) is 25.7 Å². The van der Waals surface area contributed by atoms with Crippen molar-refractivity contribution in [3.8, 4) is 5.69 Å². The molecule has 2 aromatic rings. The summed E-state index contributed by atoms with van der Waals surface area (Å²) in [5, 5.41) is 22.8. The number of hydrogen-bond acceptors (Lipinski definition) is 5. The van der Waals surface area contributed by atoms with Gasteiger partial charge in [0.1, 0.15) is 0 Å². The Balaban J connectivity index is 1.81. The highest BCUT2D eigenvalue weighted by Crippen LogP contribution is 2.33. The van der Waals surface area contributed by atoms with Crippen molar-refractivity contribution in [3.63, 3.8) is 0 Å². The molecule has 0 aliphatic heterocycles. The fraction of sp³-hybridized carbons (Fsp3) is 0.462. The van der Waals surface area contributed by atoms with Gasteiger partial charge in [-0.2, -0.15) is 4.68 Å². The zero-order chi connectivity index (χ0) is 13.1. The molecule has 1 heterocycles. The second kappa shape index (κ2) is 5.71. The van der Waals surface area contributed by atoms with Crippen LogP contribution in [0.2, 0.25) is 0 Å². The Morgan fingerprint density at radius 1 is 1.16 bits per heavy atom. The lowest BCUT2D eigenvalue weighted by atomic mass is 9.97. The van der Waals surface area contributed by atoms with Crippen molar-refractivity contribution < 1.29 is 5.11 Å². The third-order valence-corrected chi connectivity index (χ3v) is 4.68. The molecule has 1 aromatic carbocycles. The molecule has 0 radical (unpaired) electrons. The molecule has 0 spiro atoms. The largest absolute Gasteiger partial charge is 0.392 e. The fourth-order valence-corrected chi connectivity index (χ4v) is 3.51. The van der Waals surface area contributed by atoms with Gasteiger partial charge >= 0.3 is 0 Å². The first-order valence-corrected chi connectivity index (χ1v) is 7.41. The van der Waals surface area contributed by atoms with Crippen LogP contribution in [0.4, 0.5) is 0 Å². The maximum Gasteiger partial charge on any atom is 0.214 e. The predicted molar refractivity (Wildman–Crippen MR) is 73.3 cm³/mol.